The Hall–Kier alpha value is 0.340. The van der Waals surface area contributed by atoms with E-state index in [0.29, 0.717) is 0 Å². The quantitative estimate of drug-likeness (QED) is 0.637. The lowest BCUT2D eigenvalue weighted by Gasteiger charge is -2.34. The van der Waals surface area contributed by atoms with Gasteiger partial charge in [-0.1, -0.05) is 13.8 Å². The minimum Gasteiger partial charge on any atom is -0.344 e. The first-order valence-electron chi connectivity index (χ1n) is 3.98. The van der Waals surface area contributed by atoms with Crippen molar-refractivity contribution in [2.24, 2.45) is 0 Å². The van der Waals surface area contributed by atoms with E-state index in [1.54, 1.807) is 0 Å². The van der Waals surface area contributed by atoms with Crippen LogP contribution in [0.4, 0.5) is 0 Å². The van der Waals surface area contributed by atoms with E-state index in [9.17, 15) is 14.0 Å². The molecule has 0 aliphatic carbocycles. The summed E-state index contributed by atoms with van der Waals surface area (Å²) in [6.07, 6.45) is -0.00386. The van der Waals surface area contributed by atoms with Crippen LogP contribution in [0.15, 0.2) is 0 Å². The maximum Gasteiger partial charge on any atom is 0.341 e. The molecule has 0 amide bonds. The number of hydrogen-bond acceptors (Lipinski definition) is 2. The second kappa shape index (κ2) is 3.84. The van der Waals surface area contributed by atoms with Crippen molar-refractivity contribution in [3.05, 3.63) is 0 Å². The van der Waals surface area contributed by atoms with Crippen LogP contribution in [-0.4, -0.2) is 26.2 Å². The maximum atomic E-state index is 11.4. The molecule has 80 valence electrons. The van der Waals surface area contributed by atoms with Gasteiger partial charge in [-0.15, -0.1) is 0 Å². The second-order valence-electron chi connectivity index (χ2n) is 3.11. The van der Waals surface area contributed by atoms with Crippen LogP contribution in [-0.2, 0) is 9.13 Å². The van der Waals surface area contributed by atoms with Crippen LogP contribution < -0.4 is 0 Å². The third-order valence-electron chi connectivity index (χ3n) is 2.45. The minimum absolute atomic E-state index is 0.00193. The summed E-state index contributed by atoms with van der Waals surface area (Å²) < 4.78 is 22.5. The zero-order valence-electron chi connectivity index (χ0n) is 7.97. The van der Waals surface area contributed by atoms with Crippen LogP contribution in [0.3, 0.4) is 0 Å². The summed E-state index contributed by atoms with van der Waals surface area (Å²) in [5.74, 6) is 0. The van der Waals surface area contributed by atoms with E-state index in [1.807, 2.05) is 0 Å². The first-order chi connectivity index (χ1) is 5.62. The van der Waals surface area contributed by atoms with Crippen LogP contribution in [0.2, 0.25) is 0 Å². The third kappa shape index (κ3) is 2.23. The van der Waals surface area contributed by atoms with Gasteiger partial charge >= 0.3 is 7.60 Å². The van der Waals surface area contributed by atoms with E-state index in [1.165, 1.54) is 13.8 Å². The molecule has 0 fully saturated rings. The van der Waals surface area contributed by atoms with E-state index in [4.69, 9.17) is 9.79 Å². The van der Waals surface area contributed by atoms with Crippen LogP contribution in [0.5, 0.6) is 0 Å². The zero-order valence-corrected chi connectivity index (χ0v) is 9.76. The van der Waals surface area contributed by atoms with Gasteiger partial charge in [-0.25, -0.2) is 0 Å². The second-order valence-corrected chi connectivity index (χ2v) is 8.02. The van der Waals surface area contributed by atoms with Crippen molar-refractivity contribution < 1.29 is 23.8 Å². The highest BCUT2D eigenvalue weighted by Gasteiger charge is 2.54. The van der Waals surface area contributed by atoms with Gasteiger partial charge in [-0.2, -0.15) is 0 Å². The molecule has 0 aliphatic rings. The van der Waals surface area contributed by atoms with Gasteiger partial charge in [0.15, 0.2) is 0 Å². The van der Waals surface area contributed by atoms with Gasteiger partial charge in [0.1, 0.15) is 4.90 Å². The molecule has 0 saturated carbocycles. The molecule has 0 heterocycles. The van der Waals surface area contributed by atoms with E-state index in [0.717, 1.165) is 6.66 Å². The third-order valence-corrected chi connectivity index (χ3v) is 8.24. The summed E-state index contributed by atoms with van der Waals surface area (Å²) in [5, 5.41) is 0. The van der Waals surface area contributed by atoms with Crippen LogP contribution in [0, 0.1) is 0 Å². The Kier molecular flexibility index (Phi) is 3.94. The molecule has 13 heavy (non-hydrogen) atoms. The highest BCUT2D eigenvalue weighted by molar-refractivity contribution is 7.75. The predicted molar refractivity (Wildman–Crippen MR) is 51.1 cm³/mol. The summed E-state index contributed by atoms with van der Waals surface area (Å²) in [5.41, 5.74) is 0. The molecule has 3 N–H and O–H groups in total. The van der Waals surface area contributed by atoms with Crippen LogP contribution in [0.25, 0.3) is 0 Å². The molecule has 1 atom stereocenters. The molecule has 0 aromatic rings. The lowest BCUT2D eigenvalue weighted by atomic mass is 10.2. The van der Waals surface area contributed by atoms with Crippen molar-refractivity contribution in [3.63, 3.8) is 0 Å². The molecule has 0 aromatic heterocycles. The summed E-state index contributed by atoms with van der Waals surface area (Å²) >= 11 is 0. The van der Waals surface area contributed by atoms with Crippen molar-refractivity contribution in [2.45, 2.75) is 31.6 Å². The molecule has 0 bridgehead atoms. The summed E-state index contributed by atoms with van der Waals surface area (Å²) in [4.78, 5) is 25.6. The SMILES string of the molecule is CCC(CC)(P(C)(=O)O)P(=O)(O)O. The molecule has 1 unspecified atom stereocenters. The largest absolute Gasteiger partial charge is 0.344 e. The molecule has 0 aromatic carbocycles. The Balaban J connectivity index is 5.45. The van der Waals surface area contributed by atoms with Gasteiger partial charge < -0.3 is 14.7 Å². The fraction of sp³-hybridized carbons (Fsp3) is 1.00. The molecule has 0 rings (SSSR count). The average Bonchev–Trinajstić information content (AvgIpc) is 1.84. The standard InChI is InChI=1S/C6H16O5P2/c1-4-6(5-2,12(3,7)8)13(9,10)11/h4-5H2,1-3H3,(H,7,8)(H2,9,10,11). The summed E-state index contributed by atoms with van der Waals surface area (Å²) in [6.45, 7) is 4.02. The monoisotopic (exact) mass is 230 g/mol. The minimum atomic E-state index is -4.54. The Labute approximate surface area is 77.8 Å². The fourth-order valence-electron chi connectivity index (χ4n) is 1.49. The van der Waals surface area contributed by atoms with Gasteiger partial charge in [0.05, 0.1) is 0 Å². The van der Waals surface area contributed by atoms with Gasteiger partial charge in [-0.05, 0) is 12.8 Å². The Morgan fingerprint density at radius 3 is 1.38 bits per heavy atom. The van der Waals surface area contributed by atoms with Crippen molar-refractivity contribution in [2.75, 3.05) is 6.66 Å². The van der Waals surface area contributed by atoms with Crippen LogP contribution in [0.1, 0.15) is 26.7 Å². The summed E-state index contributed by atoms with van der Waals surface area (Å²) in [6, 6.07) is 0. The normalized spacial score (nSPS) is 18.3. The van der Waals surface area contributed by atoms with E-state index >= 15 is 0 Å². The van der Waals surface area contributed by atoms with Crippen molar-refractivity contribution >= 4 is 15.0 Å². The molecule has 7 heteroatoms. The smallest absolute Gasteiger partial charge is 0.341 e. The molecular formula is C6H16O5P2. The highest BCUT2D eigenvalue weighted by Crippen LogP contribution is 2.72. The Morgan fingerprint density at radius 1 is 1.08 bits per heavy atom. The van der Waals surface area contributed by atoms with Gasteiger partial charge in [-0.3, -0.25) is 9.13 Å². The summed E-state index contributed by atoms with van der Waals surface area (Å²) in [7, 11) is -8.33. The number of hydrogen-bond donors (Lipinski definition) is 3. The topological polar surface area (TPSA) is 94.8 Å². The zero-order chi connectivity index (χ0) is 10.9. The average molecular weight is 230 g/mol. The Bertz CT molecular complexity index is 234. The number of rotatable bonds is 4. The molecule has 0 radical (unpaired) electrons. The fourth-order valence-corrected chi connectivity index (χ4v) is 5.42. The van der Waals surface area contributed by atoms with Crippen molar-refractivity contribution in [1.29, 1.82) is 0 Å². The van der Waals surface area contributed by atoms with E-state index < -0.39 is 19.9 Å². The van der Waals surface area contributed by atoms with Crippen LogP contribution >= 0.6 is 15.0 Å². The van der Waals surface area contributed by atoms with Gasteiger partial charge in [0, 0.05) is 6.66 Å². The van der Waals surface area contributed by atoms with Crippen molar-refractivity contribution in [3.8, 4) is 0 Å². The predicted octanol–water partition coefficient (Wildman–Crippen LogP) is 1.58. The molecule has 5 nitrogen and oxygen atoms in total. The molecule has 0 saturated heterocycles. The van der Waals surface area contributed by atoms with E-state index in [2.05, 4.69) is 0 Å². The van der Waals surface area contributed by atoms with Gasteiger partial charge in [0.25, 0.3) is 0 Å². The van der Waals surface area contributed by atoms with E-state index in [-0.39, 0.29) is 12.8 Å². The first-order valence-corrected chi connectivity index (χ1v) is 7.70. The molecular weight excluding hydrogens is 214 g/mol. The molecule has 0 spiro atoms. The molecule has 0 aliphatic heterocycles. The Morgan fingerprint density at radius 2 is 1.38 bits per heavy atom. The van der Waals surface area contributed by atoms with Gasteiger partial charge in [0.2, 0.25) is 7.37 Å². The highest BCUT2D eigenvalue weighted by atomic mass is 31.2. The lowest BCUT2D eigenvalue weighted by molar-refractivity contribution is 0.332. The maximum absolute atomic E-state index is 11.4. The lowest BCUT2D eigenvalue weighted by Crippen LogP contribution is -2.26. The first kappa shape index (κ1) is 13.3. The van der Waals surface area contributed by atoms with Crippen molar-refractivity contribution in [1.82, 2.24) is 0 Å².